The molecule has 0 atom stereocenters. The molecule has 0 fully saturated rings. The number of hydrogen-bond acceptors (Lipinski definition) is 6. The van der Waals surface area contributed by atoms with Gasteiger partial charge in [0, 0.05) is 6.54 Å². The van der Waals surface area contributed by atoms with E-state index in [-0.39, 0.29) is 18.1 Å². The van der Waals surface area contributed by atoms with Crippen LogP contribution in [0.25, 0.3) is 0 Å². The number of hydrogen-bond donors (Lipinski definition) is 1. The fraction of sp³-hybridized carbons (Fsp3) is 0.500. The summed E-state index contributed by atoms with van der Waals surface area (Å²) in [5.74, 6) is -0.970. The highest BCUT2D eigenvalue weighted by Crippen LogP contribution is 2.10. The van der Waals surface area contributed by atoms with Gasteiger partial charge in [0.25, 0.3) is 0 Å². The van der Waals surface area contributed by atoms with E-state index in [4.69, 9.17) is 10.5 Å². The largest absolute Gasteiger partial charge is 0.379 e. The zero-order valence-corrected chi connectivity index (χ0v) is 10.9. The van der Waals surface area contributed by atoms with Crippen LogP contribution in [-0.2, 0) is 14.6 Å². The SMILES string of the molecule is NCCOCCS(=O)(=O)CC(=O)c1cccs1. The highest BCUT2D eigenvalue weighted by Gasteiger charge is 2.18. The van der Waals surface area contributed by atoms with E-state index in [0.29, 0.717) is 18.0 Å². The van der Waals surface area contributed by atoms with E-state index >= 15 is 0 Å². The molecule has 0 aliphatic rings. The van der Waals surface area contributed by atoms with E-state index in [0.717, 1.165) is 0 Å². The number of rotatable bonds is 8. The van der Waals surface area contributed by atoms with Crippen LogP contribution < -0.4 is 5.73 Å². The molecule has 1 aromatic heterocycles. The fourth-order valence-corrected chi connectivity index (χ4v) is 2.98. The Morgan fingerprint density at radius 1 is 1.41 bits per heavy atom. The second-order valence-electron chi connectivity index (χ2n) is 3.39. The van der Waals surface area contributed by atoms with Gasteiger partial charge in [-0.05, 0) is 11.4 Å². The number of ether oxygens (including phenoxy) is 1. The molecule has 1 aromatic rings. The first kappa shape index (κ1) is 14.3. The summed E-state index contributed by atoms with van der Waals surface area (Å²) < 4.78 is 28.1. The van der Waals surface area contributed by atoms with E-state index in [1.54, 1.807) is 17.5 Å². The Morgan fingerprint density at radius 2 is 2.18 bits per heavy atom. The van der Waals surface area contributed by atoms with Gasteiger partial charge in [-0.25, -0.2) is 8.42 Å². The van der Waals surface area contributed by atoms with Crippen LogP contribution in [0.5, 0.6) is 0 Å². The molecule has 17 heavy (non-hydrogen) atoms. The molecule has 0 aliphatic heterocycles. The van der Waals surface area contributed by atoms with E-state index < -0.39 is 15.6 Å². The number of Topliss-reactive ketones (excluding diaryl/α,β-unsaturated/α-hetero) is 1. The monoisotopic (exact) mass is 277 g/mol. The normalized spacial score (nSPS) is 11.6. The van der Waals surface area contributed by atoms with Crippen molar-refractivity contribution in [2.75, 3.05) is 31.3 Å². The van der Waals surface area contributed by atoms with Crippen molar-refractivity contribution in [2.45, 2.75) is 0 Å². The van der Waals surface area contributed by atoms with Gasteiger partial charge < -0.3 is 10.5 Å². The molecule has 0 spiro atoms. The Kier molecular flexibility index (Phi) is 5.76. The predicted molar refractivity (Wildman–Crippen MR) is 67.2 cm³/mol. The second kappa shape index (κ2) is 6.85. The quantitative estimate of drug-likeness (QED) is 0.546. The van der Waals surface area contributed by atoms with Crippen LogP contribution in [0.1, 0.15) is 9.67 Å². The van der Waals surface area contributed by atoms with Crippen molar-refractivity contribution in [3.63, 3.8) is 0 Å². The van der Waals surface area contributed by atoms with Crippen LogP contribution in [0.15, 0.2) is 17.5 Å². The zero-order valence-electron chi connectivity index (χ0n) is 9.29. The van der Waals surface area contributed by atoms with Gasteiger partial charge in [0.05, 0.1) is 23.8 Å². The molecule has 0 unspecified atom stereocenters. The maximum Gasteiger partial charge on any atom is 0.187 e. The van der Waals surface area contributed by atoms with Gasteiger partial charge in [-0.3, -0.25) is 4.79 Å². The molecule has 0 saturated heterocycles. The maximum atomic E-state index is 11.6. The number of carbonyl (C=O) groups excluding carboxylic acids is 1. The summed E-state index contributed by atoms with van der Waals surface area (Å²) >= 11 is 1.24. The zero-order chi connectivity index (χ0) is 12.7. The lowest BCUT2D eigenvalue weighted by molar-refractivity contribution is 0.102. The molecular weight excluding hydrogens is 262 g/mol. The van der Waals surface area contributed by atoms with Gasteiger partial charge >= 0.3 is 0 Å². The van der Waals surface area contributed by atoms with Crippen LogP contribution in [0.3, 0.4) is 0 Å². The Bertz CT molecular complexity index is 439. The lowest BCUT2D eigenvalue weighted by Gasteiger charge is -2.03. The molecule has 0 aliphatic carbocycles. The van der Waals surface area contributed by atoms with Gasteiger partial charge in [0.1, 0.15) is 5.75 Å². The molecule has 0 bridgehead atoms. The molecule has 1 rings (SSSR count). The van der Waals surface area contributed by atoms with Crippen molar-refractivity contribution < 1.29 is 17.9 Å². The molecule has 0 aromatic carbocycles. The lowest BCUT2D eigenvalue weighted by atomic mass is 10.4. The van der Waals surface area contributed by atoms with Crippen molar-refractivity contribution in [1.29, 1.82) is 0 Å². The molecular formula is C10H15NO4S2. The molecule has 0 radical (unpaired) electrons. The average Bonchev–Trinajstić information content (AvgIpc) is 2.77. The molecule has 0 saturated carbocycles. The number of carbonyl (C=O) groups is 1. The molecule has 7 heteroatoms. The minimum atomic E-state index is -3.40. The van der Waals surface area contributed by atoms with Crippen LogP contribution in [0.4, 0.5) is 0 Å². The highest BCUT2D eigenvalue weighted by atomic mass is 32.2. The summed E-state index contributed by atoms with van der Waals surface area (Å²) in [7, 11) is -3.40. The molecule has 1 heterocycles. The fourth-order valence-electron chi connectivity index (χ4n) is 1.15. The van der Waals surface area contributed by atoms with Crippen LogP contribution in [0, 0.1) is 0 Å². The van der Waals surface area contributed by atoms with Crippen molar-refractivity contribution in [3.8, 4) is 0 Å². The first-order valence-corrected chi connectivity index (χ1v) is 7.80. The summed E-state index contributed by atoms with van der Waals surface area (Å²) in [4.78, 5) is 12.0. The van der Waals surface area contributed by atoms with E-state index in [1.807, 2.05) is 0 Å². The maximum absolute atomic E-state index is 11.6. The topological polar surface area (TPSA) is 86.5 Å². The Morgan fingerprint density at radius 3 is 2.76 bits per heavy atom. The predicted octanol–water partition coefficient (Wildman–Crippen LogP) is 0.321. The Labute approximate surface area is 105 Å². The van der Waals surface area contributed by atoms with Crippen LogP contribution in [-0.4, -0.2) is 45.5 Å². The molecule has 2 N–H and O–H groups in total. The number of ketones is 1. The lowest BCUT2D eigenvalue weighted by Crippen LogP contribution is -2.22. The van der Waals surface area contributed by atoms with Crippen molar-refractivity contribution >= 4 is 27.0 Å². The highest BCUT2D eigenvalue weighted by molar-refractivity contribution is 7.92. The third kappa shape index (κ3) is 5.40. The number of nitrogens with two attached hydrogens (primary N) is 1. The Hall–Kier alpha value is -0.760. The molecule has 96 valence electrons. The van der Waals surface area contributed by atoms with Gasteiger partial charge in [-0.1, -0.05) is 6.07 Å². The summed E-state index contributed by atoms with van der Waals surface area (Å²) in [6.45, 7) is 0.764. The van der Waals surface area contributed by atoms with E-state index in [9.17, 15) is 13.2 Å². The van der Waals surface area contributed by atoms with Crippen molar-refractivity contribution in [2.24, 2.45) is 5.73 Å². The van der Waals surface area contributed by atoms with Gasteiger partial charge in [-0.2, -0.15) is 0 Å². The summed E-state index contributed by atoms with van der Waals surface area (Å²) in [6.07, 6.45) is 0. The first-order chi connectivity index (χ1) is 8.05. The standard InChI is InChI=1S/C10H15NO4S2/c11-3-4-15-5-7-17(13,14)8-9(12)10-2-1-6-16-10/h1-2,6H,3-5,7-8,11H2. The van der Waals surface area contributed by atoms with Crippen LogP contribution >= 0.6 is 11.3 Å². The van der Waals surface area contributed by atoms with Crippen LogP contribution in [0.2, 0.25) is 0 Å². The van der Waals surface area contributed by atoms with Crippen molar-refractivity contribution in [1.82, 2.24) is 0 Å². The first-order valence-electron chi connectivity index (χ1n) is 5.10. The van der Waals surface area contributed by atoms with E-state index in [2.05, 4.69) is 0 Å². The third-order valence-electron chi connectivity index (χ3n) is 1.95. The van der Waals surface area contributed by atoms with Gasteiger partial charge in [-0.15, -0.1) is 11.3 Å². The van der Waals surface area contributed by atoms with Crippen molar-refractivity contribution in [3.05, 3.63) is 22.4 Å². The third-order valence-corrected chi connectivity index (χ3v) is 4.35. The van der Waals surface area contributed by atoms with E-state index in [1.165, 1.54) is 11.3 Å². The molecule has 0 amide bonds. The summed E-state index contributed by atoms with van der Waals surface area (Å²) in [6, 6.07) is 3.34. The minimum absolute atomic E-state index is 0.0806. The van der Waals surface area contributed by atoms with Gasteiger partial charge in [0.15, 0.2) is 15.6 Å². The number of thiophene rings is 1. The smallest absolute Gasteiger partial charge is 0.187 e. The number of sulfone groups is 1. The molecule has 5 nitrogen and oxygen atoms in total. The minimum Gasteiger partial charge on any atom is -0.379 e. The van der Waals surface area contributed by atoms with Gasteiger partial charge in [0.2, 0.25) is 0 Å². The second-order valence-corrected chi connectivity index (χ2v) is 6.53. The summed E-state index contributed by atoms with van der Waals surface area (Å²) in [5, 5.41) is 1.74. The summed E-state index contributed by atoms with van der Waals surface area (Å²) in [5.41, 5.74) is 5.20. The Balaban J connectivity index is 2.41. The average molecular weight is 277 g/mol.